The molecular formula is C18H25NO2S. The van der Waals surface area contributed by atoms with Crippen LogP contribution in [0.3, 0.4) is 0 Å². The largest absolute Gasteiger partial charge is 0.508 e. The Hall–Kier alpha value is -1.29. The van der Waals surface area contributed by atoms with Crippen LogP contribution in [0, 0.1) is 11.8 Å². The average molecular weight is 319 g/mol. The van der Waals surface area contributed by atoms with Gasteiger partial charge in [0, 0.05) is 18.5 Å². The average Bonchev–Trinajstić information content (AvgIpc) is 2.45. The standard InChI is InChI=1S/C18H25NO2S/c1-10-5-7-13-12(9-10)15-14(20)8-6-11(17(22)19-4)16(15)21-18(13,2)3/h6,8,10,12-13,20H,5,7,9H2,1-4H3,(H,19,22)/t10-,12-,13-/m1/s1. The van der Waals surface area contributed by atoms with E-state index >= 15 is 0 Å². The van der Waals surface area contributed by atoms with E-state index in [1.807, 2.05) is 13.1 Å². The first-order valence-corrected chi connectivity index (χ1v) is 8.53. The minimum atomic E-state index is -0.232. The Balaban J connectivity index is 2.17. The van der Waals surface area contributed by atoms with Crippen molar-refractivity contribution in [3.8, 4) is 11.5 Å². The number of hydrogen-bond acceptors (Lipinski definition) is 3. The monoisotopic (exact) mass is 319 g/mol. The highest BCUT2D eigenvalue weighted by Gasteiger charge is 2.47. The SMILES string of the molecule is CNC(=S)c1ccc(O)c2c1OC(C)(C)[C@@H]1CC[C@@H](C)C[C@@H]21. The predicted octanol–water partition coefficient (Wildman–Crippen LogP) is 3.98. The molecule has 1 aliphatic heterocycles. The van der Waals surface area contributed by atoms with Crippen molar-refractivity contribution in [3.05, 3.63) is 23.3 Å². The first kappa shape index (κ1) is 15.6. The molecule has 0 aromatic heterocycles. The van der Waals surface area contributed by atoms with Crippen molar-refractivity contribution >= 4 is 17.2 Å². The Kier molecular flexibility index (Phi) is 3.84. The summed E-state index contributed by atoms with van der Waals surface area (Å²) in [6.07, 6.45) is 3.49. The van der Waals surface area contributed by atoms with Gasteiger partial charge >= 0.3 is 0 Å². The maximum Gasteiger partial charge on any atom is 0.137 e. The maximum atomic E-state index is 10.5. The van der Waals surface area contributed by atoms with Crippen LogP contribution in [0.4, 0.5) is 0 Å². The van der Waals surface area contributed by atoms with Gasteiger partial charge in [0.15, 0.2) is 0 Å². The number of fused-ring (bicyclic) bond motifs is 3. The van der Waals surface area contributed by atoms with Gasteiger partial charge in [0.25, 0.3) is 0 Å². The third-order valence-corrected chi connectivity index (χ3v) is 5.81. The summed E-state index contributed by atoms with van der Waals surface area (Å²) in [5.74, 6) is 2.60. The molecule has 4 heteroatoms. The number of ether oxygens (including phenoxy) is 1. The molecule has 3 rings (SSSR count). The number of rotatable bonds is 1. The Morgan fingerprint density at radius 2 is 2.09 bits per heavy atom. The zero-order valence-electron chi connectivity index (χ0n) is 13.8. The summed E-state index contributed by atoms with van der Waals surface area (Å²) in [6.45, 7) is 6.64. The van der Waals surface area contributed by atoms with Gasteiger partial charge in [-0.05, 0) is 50.7 Å². The van der Waals surface area contributed by atoms with Gasteiger partial charge in [-0.25, -0.2) is 0 Å². The van der Waals surface area contributed by atoms with Crippen molar-refractivity contribution in [2.45, 2.75) is 51.6 Å². The smallest absolute Gasteiger partial charge is 0.137 e. The molecule has 0 bridgehead atoms. The van der Waals surface area contributed by atoms with E-state index in [1.54, 1.807) is 6.07 Å². The van der Waals surface area contributed by atoms with Gasteiger partial charge in [0.1, 0.15) is 22.1 Å². The van der Waals surface area contributed by atoms with Crippen LogP contribution in [-0.4, -0.2) is 22.7 Å². The van der Waals surface area contributed by atoms with E-state index in [1.165, 1.54) is 6.42 Å². The number of nitrogens with one attached hydrogen (secondary N) is 1. The summed E-state index contributed by atoms with van der Waals surface area (Å²) < 4.78 is 6.37. The van der Waals surface area contributed by atoms with Crippen LogP contribution in [0.15, 0.2) is 12.1 Å². The fourth-order valence-electron chi connectivity index (χ4n) is 4.24. The van der Waals surface area contributed by atoms with Gasteiger partial charge in [-0.1, -0.05) is 25.6 Å². The van der Waals surface area contributed by atoms with Gasteiger partial charge in [-0.15, -0.1) is 0 Å². The number of phenolic OH excluding ortho intramolecular Hbond substituents is 1. The van der Waals surface area contributed by atoms with Gasteiger partial charge < -0.3 is 15.2 Å². The summed E-state index contributed by atoms with van der Waals surface area (Å²) in [6, 6.07) is 3.62. The second-order valence-corrected chi connectivity index (χ2v) is 7.70. The molecule has 0 amide bonds. The van der Waals surface area contributed by atoms with Crippen molar-refractivity contribution in [2.75, 3.05) is 7.05 Å². The summed E-state index contributed by atoms with van der Waals surface area (Å²) in [5, 5.41) is 13.5. The lowest BCUT2D eigenvalue weighted by molar-refractivity contribution is -0.0146. The normalized spacial score (nSPS) is 29.0. The van der Waals surface area contributed by atoms with Crippen LogP contribution in [0.5, 0.6) is 11.5 Å². The first-order valence-electron chi connectivity index (χ1n) is 8.12. The van der Waals surface area contributed by atoms with E-state index in [2.05, 4.69) is 26.1 Å². The Morgan fingerprint density at radius 1 is 1.36 bits per heavy atom. The van der Waals surface area contributed by atoms with Gasteiger partial charge in [0.05, 0.1) is 5.56 Å². The molecule has 1 fully saturated rings. The zero-order chi connectivity index (χ0) is 16.1. The third kappa shape index (κ3) is 2.37. The van der Waals surface area contributed by atoms with Gasteiger partial charge in [0.2, 0.25) is 0 Å². The summed E-state index contributed by atoms with van der Waals surface area (Å²) in [7, 11) is 1.82. The lowest BCUT2D eigenvalue weighted by Crippen LogP contribution is -2.47. The van der Waals surface area contributed by atoms with Crippen LogP contribution in [0.25, 0.3) is 0 Å². The van der Waals surface area contributed by atoms with E-state index in [9.17, 15) is 5.11 Å². The molecule has 2 N–H and O–H groups in total. The van der Waals surface area contributed by atoms with Crippen molar-refractivity contribution in [3.63, 3.8) is 0 Å². The van der Waals surface area contributed by atoms with Gasteiger partial charge in [-0.2, -0.15) is 0 Å². The number of phenols is 1. The Bertz CT molecular complexity index is 611. The van der Waals surface area contributed by atoms with Crippen LogP contribution in [0.1, 0.15) is 57.1 Å². The molecule has 2 aliphatic rings. The lowest BCUT2D eigenvalue weighted by atomic mass is 9.64. The fraction of sp³-hybridized carbons (Fsp3) is 0.611. The van der Waals surface area contributed by atoms with Crippen molar-refractivity contribution < 1.29 is 9.84 Å². The molecule has 1 heterocycles. The van der Waals surface area contributed by atoms with Gasteiger partial charge in [-0.3, -0.25) is 0 Å². The highest BCUT2D eigenvalue weighted by atomic mass is 32.1. The van der Waals surface area contributed by atoms with Crippen molar-refractivity contribution in [1.82, 2.24) is 5.32 Å². The molecule has 3 atom stereocenters. The summed E-state index contributed by atoms with van der Waals surface area (Å²) in [4.78, 5) is 0.661. The first-order chi connectivity index (χ1) is 10.3. The van der Waals surface area contributed by atoms with Crippen LogP contribution < -0.4 is 10.1 Å². The van der Waals surface area contributed by atoms with E-state index in [-0.39, 0.29) is 5.60 Å². The second kappa shape index (κ2) is 5.41. The molecule has 0 radical (unpaired) electrons. The van der Waals surface area contributed by atoms with E-state index < -0.39 is 0 Å². The summed E-state index contributed by atoms with van der Waals surface area (Å²) >= 11 is 5.42. The maximum absolute atomic E-state index is 10.5. The number of hydrogen-bond donors (Lipinski definition) is 2. The second-order valence-electron chi connectivity index (χ2n) is 7.29. The number of benzene rings is 1. The molecule has 1 saturated carbocycles. The molecule has 3 nitrogen and oxygen atoms in total. The van der Waals surface area contributed by atoms with Crippen LogP contribution in [0.2, 0.25) is 0 Å². The van der Waals surface area contributed by atoms with Crippen molar-refractivity contribution in [2.24, 2.45) is 11.8 Å². The molecule has 0 spiro atoms. The minimum Gasteiger partial charge on any atom is -0.508 e. The molecule has 1 aromatic rings. The number of thiocarbonyl (C=S) groups is 1. The molecule has 1 aromatic carbocycles. The zero-order valence-corrected chi connectivity index (χ0v) is 14.6. The molecule has 1 aliphatic carbocycles. The molecule has 120 valence electrons. The molecule has 0 saturated heterocycles. The van der Waals surface area contributed by atoms with Crippen molar-refractivity contribution in [1.29, 1.82) is 0 Å². The van der Waals surface area contributed by atoms with Crippen LogP contribution >= 0.6 is 12.2 Å². The molecular weight excluding hydrogens is 294 g/mol. The van der Waals surface area contributed by atoms with Crippen LogP contribution in [-0.2, 0) is 0 Å². The van der Waals surface area contributed by atoms with E-state index in [4.69, 9.17) is 17.0 Å². The minimum absolute atomic E-state index is 0.232. The lowest BCUT2D eigenvalue weighted by Gasteiger charge is -2.49. The van der Waals surface area contributed by atoms with E-state index in [0.717, 1.165) is 29.7 Å². The third-order valence-electron chi connectivity index (χ3n) is 5.39. The Morgan fingerprint density at radius 3 is 2.77 bits per heavy atom. The highest BCUT2D eigenvalue weighted by Crippen LogP contribution is 2.55. The highest BCUT2D eigenvalue weighted by molar-refractivity contribution is 7.80. The topological polar surface area (TPSA) is 41.5 Å². The predicted molar refractivity (Wildman–Crippen MR) is 92.8 cm³/mol. The summed E-state index contributed by atoms with van der Waals surface area (Å²) in [5.41, 5.74) is 1.62. The Labute approximate surface area is 138 Å². The quantitative estimate of drug-likeness (QED) is 0.768. The molecule has 22 heavy (non-hydrogen) atoms. The molecule has 0 unspecified atom stereocenters. The number of aromatic hydroxyl groups is 1. The fourth-order valence-corrected chi connectivity index (χ4v) is 4.40. The van der Waals surface area contributed by atoms with E-state index in [0.29, 0.717) is 28.5 Å².